The number of aromatic nitrogens is 3. The van der Waals surface area contributed by atoms with Gasteiger partial charge in [0.15, 0.2) is 0 Å². The van der Waals surface area contributed by atoms with Gasteiger partial charge in [0.25, 0.3) is 0 Å². The summed E-state index contributed by atoms with van der Waals surface area (Å²) in [5, 5.41) is 0. The van der Waals surface area contributed by atoms with Gasteiger partial charge in [-0.2, -0.15) is 0 Å². The zero-order valence-corrected chi connectivity index (χ0v) is 10.9. The molecular weight excluding hydrogens is 212 g/mol. The summed E-state index contributed by atoms with van der Waals surface area (Å²) in [7, 11) is 0. The van der Waals surface area contributed by atoms with Crippen LogP contribution in [0.5, 0.6) is 0 Å². The second-order valence-electron chi connectivity index (χ2n) is 5.56. The largest absolute Gasteiger partial charge is 0.369 e. The summed E-state index contributed by atoms with van der Waals surface area (Å²) in [5.74, 6) is 1.16. The SMILES string of the molecule is CC(C)C(C)(C)Cn1c(N)nc2cnccc21. The molecule has 0 spiro atoms. The molecule has 2 N–H and O–H groups in total. The Hall–Kier alpha value is -1.58. The van der Waals surface area contributed by atoms with Gasteiger partial charge in [-0.05, 0) is 17.4 Å². The van der Waals surface area contributed by atoms with E-state index in [9.17, 15) is 0 Å². The Balaban J connectivity index is 2.45. The monoisotopic (exact) mass is 232 g/mol. The summed E-state index contributed by atoms with van der Waals surface area (Å²) in [5.41, 5.74) is 8.10. The lowest BCUT2D eigenvalue weighted by molar-refractivity contribution is 0.214. The predicted molar refractivity (Wildman–Crippen MR) is 70.6 cm³/mol. The average molecular weight is 232 g/mol. The molecule has 0 aliphatic carbocycles. The Labute approximate surface area is 102 Å². The lowest BCUT2D eigenvalue weighted by Gasteiger charge is -2.30. The highest BCUT2D eigenvalue weighted by molar-refractivity contribution is 5.77. The maximum Gasteiger partial charge on any atom is 0.201 e. The Bertz CT molecular complexity index is 525. The smallest absolute Gasteiger partial charge is 0.201 e. The Morgan fingerprint density at radius 3 is 2.76 bits per heavy atom. The van der Waals surface area contributed by atoms with Crippen LogP contribution in [-0.4, -0.2) is 14.5 Å². The van der Waals surface area contributed by atoms with Gasteiger partial charge >= 0.3 is 0 Å². The molecule has 0 aliphatic rings. The third kappa shape index (κ3) is 2.12. The zero-order valence-electron chi connectivity index (χ0n) is 10.9. The van der Waals surface area contributed by atoms with E-state index in [2.05, 4.69) is 42.2 Å². The summed E-state index contributed by atoms with van der Waals surface area (Å²) < 4.78 is 2.08. The Morgan fingerprint density at radius 2 is 2.12 bits per heavy atom. The van der Waals surface area contributed by atoms with E-state index in [4.69, 9.17) is 5.73 Å². The molecule has 2 aromatic heterocycles. The van der Waals surface area contributed by atoms with Crippen molar-refractivity contribution in [3.8, 4) is 0 Å². The van der Waals surface area contributed by atoms with Crippen molar-refractivity contribution < 1.29 is 0 Å². The number of nitrogens with zero attached hydrogens (tertiary/aromatic N) is 3. The van der Waals surface area contributed by atoms with Crippen LogP contribution >= 0.6 is 0 Å². The Kier molecular flexibility index (Phi) is 2.81. The van der Waals surface area contributed by atoms with Gasteiger partial charge in [0, 0.05) is 12.7 Å². The number of nitrogens with two attached hydrogens (primary N) is 1. The van der Waals surface area contributed by atoms with Crippen LogP contribution in [0.3, 0.4) is 0 Å². The summed E-state index contributed by atoms with van der Waals surface area (Å²) in [4.78, 5) is 8.40. The van der Waals surface area contributed by atoms with Crippen molar-refractivity contribution in [1.29, 1.82) is 0 Å². The molecule has 0 saturated heterocycles. The molecule has 0 aromatic carbocycles. The van der Waals surface area contributed by atoms with Crippen LogP contribution in [-0.2, 0) is 6.54 Å². The van der Waals surface area contributed by atoms with Crippen molar-refractivity contribution in [2.24, 2.45) is 11.3 Å². The van der Waals surface area contributed by atoms with Crippen molar-refractivity contribution >= 4 is 17.0 Å². The van der Waals surface area contributed by atoms with Gasteiger partial charge < -0.3 is 10.3 Å². The second kappa shape index (κ2) is 4.02. The lowest BCUT2D eigenvalue weighted by Crippen LogP contribution is -2.26. The zero-order chi connectivity index (χ0) is 12.6. The van der Waals surface area contributed by atoms with Crippen molar-refractivity contribution in [1.82, 2.24) is 14.5 Å². The number of nitrogen functional groups attached to an aromatic ring is 1. The molecule has 0 bridgehead atoms. The molecule has 0 atom stereocenters. The Morgan fingerprint density at radius 1 is 1.41 bits per heavy atom. The third-order valence-electron chi connectivity index (χ3n) is 3.71. The van der Waals surface area contributed by atoms with Gasteiger partial charge in [-0.25, -0.2) is 4.98 Å². The second-order valence-corrected chi connectivity index (χ2v) is 5.56. The molecule has 0 amide bonds. The first-order chi connectivity index (χ1) is 7.92. The highest BCUT2D eigenvalue weighted by Gasteiger charge is 2.24. The minimum absolute atomic E-state index is 0.186. The van der Waals surface area contributed by atoms with Crippen LogP contribution in [0.2, 0.25) is 0 Å². The van der Waals surface area contributed by atoms with Crippen molar-refractivity contribution in [2.45, 2.75) is 34.2 Å². The first-order valence-corrected chi connectivity index (χ1v) is 5.97. The fourth-order valence-electron chi connectivity index (χ4n) is 1.76. The fourth-order valence-corrected chi connectivity index (χ4v) is 1.76. The molecule has 4 heteroatoms. The molecule has 4 nitrogen and oxygen atoms in total. The number of rotatable bonds is 3. The van der Waals surface area contributed by atoms with Crippen molar-refractivity contribution in [3.63, 3.8) is 0 Å². The maximum atomic E-state index is 5.98. The van der Waals surface area contributed by atoms with Crippen LogP contribution in [0.4, 0.5) is 5.95 Å². The van der Waals surface area contributed by atoms with E-state index < -0.39 is 0 Å². The van der Waals surface area contributed by atoms with E-state index in [-0.39, 0.29) is 5.41 Å². The topological polar surface area (TPSA) is 56.7 Å². The van der Waals surface area contributed by atoms with Crippen LogP contribution in [0.1, 0.15) is 27.7 Å². The minimum atomic E-state index is 0.186. The van der Waals surface area contributed by atoms with Crippen molar-refractivity contribution in [2.75, 3.05) is 5.73 Å². The number of anilines is 1. The highest BCUT2D eigenvalue weighted by atomic mass is 15.2. The normalized spacial score (nSPS) is 12.5. The molecule has 92 valence electrons. The number of fused-ring (bicyclic) bond motifs is 1. The number of imidazole rings is 1. The van der Waals surface area contributed by atoms with Gasteiger partial charge in [-0.3, -0.25) is 4.98 Å². The van der Waals surface area contributed by atoms with E-state index in [0.717, 1.165) is 17.6 Å². The number of pyridine rings is 1. The molecular formula is C13H20N4. The van der Waals surface area contributed by atoms with Crippen LogP contribution < -0.4 is 5.73 Å². The molecule has 2 heterocycles. The standard InChI is InChI=1S/C13H20N4/c1-9(2)13(3,4)8-17-11-5-6-15-7-10(11)16-12(17)14/h5-7,9H,8H2,1-4H3,(H2,14,16). The van der Waals surface area contributed by atoms with Crippen LogP contribution in [0.25, 0.3) is 11.0 Å². The first-order valence-electron chi connectivity index (χ1n) is 5.97. The predicted octanol–water partition coefficient (Wildman–Crippen LogP) is 2.70. The lowest BCUT2D eigenvalue weighted by atomic mass is 9.81. The van der Waals surface area contributed by atoms with Gasteiger partial charge in [0.05, 0.1) is 11.7 Å². The van der Waals surface area contributed by atoms with E-state index in [0.29, 0.717) is 11.9 Å². The maximum absolute atomic E-state index is 5.98. The van der Waals surface area contributed by atoms with Crippen molar-refractivity contribution in [3.05, 3.63) is 18.5 Å². The van der Waals surface area contributed by atoms with E-state index in [1.807, 2.05) is 6.07 Å². The van der Waals surface area contributed by atoms with E-state index in [1.54, 1.807) is 12.4 Å². The van der Waals surface area contributed by atoms with E-state index in [1.165, 1.54) is 0 Å². The summed E-state index contributed by atoms with van der Waals surface area (Å²) in [6.45, 7) is 9.85. The van der Waals surface area contributed by atoms with Gasteiger partial charge in [0.1, 0.15) is 5.52 Å². The third-order valence-corrected chi connectivity index (χ3v) is 3.71. The minimum Gasteiger partial charge on any atom is -0.369 e. The summed E-state index contributed by atoms with van der Waals surface area (Å²) >= 11 is 0. The molecule has 0 unspecified atom stereocenters. The molecule has 0 radical (unpaired) electrons. The number of hydrogen-bond donors (Lipinski definition) is 1. The molecule has 0 aliphatic heterocycles. The van der Waals surface area contributed by atoms with Gasteiger partial charge in [0.2, 0.25) is 5.95 Å². The van der Waals surface area contributed by atoms with E-state index >= 15 is 0 Å². The first kappa shape index (κ1) is 11.9. The molecule has 17 heavy (non-hydrogen) atoms. The summed E-state index contributed by atoms with van der Waals surface area (Å²) in [6, 6.07) is 1.97. The van der Waals surface area contributed by atoms with Crippen LogP contribution in [0.15, 0.2) is 18.5 Å². The fraction of sp³-hybridized carbons (Fsp3) is 0.538. The molecule has 0 fully saturated rings. The molecule has 0 saturated carbocycles. The van der Waals surface area contributed by atoms with Crippen LogP contribution in [0, 0.1) is 11.3 Å². The summed E-state index contributed by atoms with van der Waals surface area (Å²) in [6.07, 6.45) is 3.53. The molecule has 2 rings (SSSR count). The highest BCUT2D eigenvalue weighted by Crippen LogP contribution is 2.30. The number of hydrogen-bond acceptors (Lipinski definition) is 3. The molecule has 2 aromatic rings. The average Bonchev–Trinajstić information content (AvgIpc) is 2.55. The van der Waals surface area contributed by atoms with Gasteiger partial charge in [-0.15, -0.1) is 0 Å². The van der Waals surface area contributed by atoms with Gasteiger partial charge in [-0.1, -0.05) is 27.7 Å². The quantitative estimate of drug-likeness (QED) is 0.885.